The van der Waals surface area contributed by atoms with E-state index >= 15 is 0 Å². The minimum absolute atomic E-state index is 0.111. The molecule has 1 aromatic carbocycles. The van der Waals surface area contributed by atoms with Gasteiger partial charge in [-0.15, -0.1) is 0 Å². The first-order valence-electron chi connectivity index (χ1n) is 5.56. The zero-order valence-corrected chi connectivity index (χ0v) is 9.78. The Hall–Kier alpha value is -1.97. The van der Waals surface area contributed by atoms with Crippen molar-refractivity contribution in [2.75, 3.05) is 0 Å². The lowest BCUT2D eigenvalue weighted by atomic mass is 9.90. The van der Waals surface area contributed by atoms with Gasteiger partial charge in [-0.3, -0.25) is 0 Å². The lowest BCUT2D eigenvalue weighted by Gasteiger charge is -2.16. The maximum atomic E-state index is 13.5. The lowest BCUT2D eigenvalue weighted by Crippen LogP contribution is -2.07. The number of aromatic carboxylic acids is 1. The quantitative estimate of drug-likeness (QED) is 0.869. The Morgan fingerprint density at radius 2 is 1.94 bits per heavy atom. The molecule has 1 aromatic rings. The second kappa shape index (κ2) is 4.72. The number of halogens is 2. The Morgan fingerprint density at radius 1 is 1.33 bits per heavy atom. The van der Waals surface area contributed by atoms with Crippen LogP contribution in [-0.2, 0) is 0 Å². The predicted octanol–water partition coefficient (Wildman–Crippen LogP) is 3.65. The maximum Gasteiger partial charge on any atom is 0.341 e. The zero-order valence-electron chi connectivity index (χ0n) is 9.78. The minimum atomic E-state index is -1.59. The van der Waals surface area contributed by atoms with Crippen LogP contribution in [0.1, 0.15) is 35.2 Å². The van der Waals surface area contributed by atoms with Gasteiger partial charge in [-0.2, -0.15) is 0 Å². The molecular weight excluding hydrogens is 238 g/mol. The summed E-state index contributed by atoms with van der Waals surface area (Å²) in [5, 5.41) is 8.68. The van der Waals surface area contributed by atoms with Crippen LogP contribution in [0.5, 0.6) is 0 Å². The molecule has 0 saturated carbocycles. The second-order valence-electron chi connectivity index (χ2n) is 4.31. The Bertz CT molecular complexity index is 536. The van der Waals surface area contributed by atoms with E-state index in [2.05, 4.69) is 0 Å². The van der Waals surface area contributed by atoms with Crippen molar-refractivity contribution in [2.45, 2.75) is 19.3 Å². The summed E-state index contributed by atoms with van der Waals surface area (Å²) in [4.78, 5) is 10.7. The van der Waals surface area contributed by atoms with E-state index in [1.807, 2.05) is 25.2 Å². The normalized spacial score (nSPS) is 18.6. The second-order valence-corrected chi connectivity index (χ2v) is 4.31. The van der Waals surface area contributed by atoms with Gasteiger partial charge < -0.3 is 5.11 Å². The Balaban J connectivity index is 2.38. The predicted molar refractivity (Wildman–Crippen MR) is 63.6 cm³/mol. The molecule has 1 aliphatic rings. The van der Waals surface area contributed by atoms with Crippen LogP contribution in [0.4, 0.5) is 8.78 Å². The molecule has 1 unspecified atom stereocenters. The van der Waals surface area contributed by atoms with Crippen molar-refractivity contribution in [3.63, 3.8) is 0 Å². The molecule has 2 rings (SSSR count). The van der Waals surface area contributed by atoms with Crippen molar-refractivity contribution >= 4 is 5.97 Å². The van der Waals surface area contributed by atoms with Gasteiger partial charge >= 0.3 is 5.97 Å². The maximum absolute atomic E-state index is 13.5. The molecule has 94 valence electrons. The number of carbonyl (C=O) groups is 1. The summed E-state index contributed by atoms with van der Waals surface area (Å²) in [5.41, 5.74) is 0.662. The smallest absolute Gasteiger partial charge is 0.341 e. The van der Waals surface area contributed by atoms with Gasteiger partial charge in [-0.05, 0) is 31.0 Å². The summed E-state index contributed by atoms with van der Waals surface area (Å²) in [7, 11) is 0. The number of carboxylic acid groups (broad SMARTS) is 1. The average Bonchev–Trinajstić information content (AvgIpc) is 2.28. The van der Waals surface area contributed by atoms with Crippen molar-refractivity contribution in [1.82, 2.24) is 0 Å². The average molecular weight is 250 g/mol. The van der Waals surface area contributed by atoms with E-state index in [9.17, 15) is 13.6 Å². The first-order valence-corrected chi connectivity index (χ1v) is 5.56. The number of hydrogen-bond acceptors (Lipinski definition) is 1. The molecule has 0 fully saturated rings. The molecule has 4 heteroatoms. The van der Waals surface area contributed by atoms with Crippen LogP contribution in [0.25, 0.3) is 0 Å². The third-order valence-corrected chi connectivity index (χ3v) is 2.99. The third kappa shape index (κ3) is 2.32. The van der Waals surface area contributed by atoms with Crippen LogP contribution in [-0.4, -0.2) is 11.1 Å². The highest BCUT2D eigenvalue weighted by Crippen LogP contribution is 2.29. The molecule has 0 heterocycles. The van der Waals surface area contributed by atoms with Crippen LogP contribution in [0.2, 0.25) is 0 Å². The van der Waals surface area contributed by atoms with Crippen molar-refractivity contribution < 1.29 is 18.7 Å². The molecular formula is C14H12F2O2. The Morgan fingerprint density at radius 3 is 2.39 bits per heavy atom. The van der Waals surface area contributed by atoms with Gasteiger partial charge in [0.1, 0.15) is 17.2 Å². The molecule has 1 aliphatic carbocycles. The van der Waals surface area contributed by atoms with Crippen LogP contribution in [0, 0.1) is 11.6 Å². The molecule has 2 nitrogen and oxygen atoms in total. The summed E-state index contributed by atoms with van der Waals surface area (Å²) >= 11 is 0. The summed E-state index contributed by atoms with van der Waals surface area (Å²) in [6.07, 6.45) is 6.39. The van der Waals surface area contributed by atoms with Crippen LogP contribution < -0.4 is 0 Å². The largest absolute Gasteiger partial charge is 0.477 e. The SMILES string of the molecule is CC1=CCC(c2cc(F)c(C(=O)O)c(F)c2)C=C1. The monoisotopic (exact) mass is 250 g/mol. The minimum Gasteiger partial charge on any atom is -0.477 e. The van der Waals surface area contributed by atoms with E-state index in [4.69, 9.17) is 5.11 Å². The van der Waals surface area contributed by atoms with Crippen molar-refractivity contribution in [2.24, 2.45) is 0 Å². The van der Waals surface area contributed by atoms with E-state index < -0.39 is 23.2 Å². The van der Waals surface area contributed by atoms with Crippen LogP contribution >= 0.6 is 0 Å². The van der Waals surface area contributed by atoms with Crippen molar-refractivity contribution in [3.05, 3.63) is 58.7 Å². The number of rotatable bonds is 2. The van der Waals surface area contributed by atoms with E-state index in [1.54, 1.807) is 0 Å². The van der Waals surface area contributed by atoms with Crippen LogP contribution in [0.15, 0.2) is 35.9 Å². The topological polar surface area (TPSA) is 37.3 Å². The van der Waals surface area contributed by atoms with Crippen LogP contribution in [0.3, 0.4) is 0 Å². The fourth-order valence-electron chi connectivity index (χ4n) is 1.99. The highest BCUT2D eigenvalue weighted by Gasteiger charge is 2.20. The molecule has 0 saturated heterocycles. The Kier molecular flexibility index (Phi) is 3.28. The zero-order chi connectivity index (χ0) is 13.3. The van der Waals surface area contributed by atoms with Gasteiger partial charge in [0.05, 0.1) is 0 Å². The molecule has 0 amide bonds. The van der Waals surface area contributed by atoms with E-state index in [0.29, 0.717) is 12.0 Å². The first kappa shape index (κ1) is 12.5. The molecule has 0 radical (unpaired) electrons. The summed E-state index contributed by atoms with van der Waals surface area (Å²) in [5.74, 6) is -3.76. The number of benzene rings is 1. The number of carboxylic acids is 1. The fourth-order valence-corrected chi connectivity index (χ4v) is 1.99. The molecule has 18 heavy (non-hydrogen) atoms. The summed E-state index contributed by atoms with van der Waals surface area (Å²) in [6.45, 7) is 1.95. The van der Waals surface area contributed by atoms with Gasteiger partial charge in [0.2, 0.25) is 0 Å². The van der Waals surface area contributed by atoms with E-state index in [0.717, 1.165) is 17.7 Å². The van der Waals surface area contributed by atoms with Gasteiger partial charge in [-0.1, -0.05) is 23.8 Å². The standard InChI is InChI=1S/C14H12F2O2/c1-8-2-4-9(5-3-8)10-6-11(15)13(14(17)18)12(16)7-10/h2-4,6-7,9H,5H2,1H3,(H,17,18). The third-order valence-electron chi connectivity index (χ3n) is 2.99. The van der Waals surface area contributed by atoms with E-state index in [-0.39, 0.29) is 5.92 Å². The summed E-state index contributed by atoms with van der Waals surface area (Å²) < 4.78 is 27.1. The molecule has 0 bridgehead atoms. The number of allylic oxidation sites excluding steroid dienone is 4. The van der Waals surface area contributed by atoms with Gasteiger partial charge in [-0.25, -0.2) is 13.6 Å². The van der Waals surface area contributed by atoms with Crippen molar-refractivity contribution in [3.8, 4) is 0 Å². The number of hydrogen-bond donors (Lipinski definition) is 1. The Labute approximate surface area is 103 Å². The molecule has 1 atom stereocenters. The van der Waals surface area contributed by atoms with Gasteiger partial charge in [0.15, 0.2) is 0 Å². The van der Waals surface area contributed by atoms with Gasteiger partial charge in [0.25, 0.3) is 0 Å². The molecule has 0 spiro atoms. The highest BCUT2D eigenvalue weighted by molar-refractivity contribution is 5.88. The fraction of sp³-hybridized carbons (Fsp3) is 0.214. The lowest BCUT2D eigenvalue weighted by molar-refractivity contribution is 0.0686. The van der Waals surface area contributed by atoms with Crippen molar-refractivity contribution in [1.29, 1.82) is 0 Å². The molecule has 1 N–H and O–H groups in total. The van der Waals surface area contributed by atoms with E-state index in [1.165, 1.54) is 0 Å². The van der Waals surface area contributed by atoms with Gasteiger partial charge in [0, 0.05) is 5.92 Å². The first-order chi connectivity index (χ1) is 8.49. The molecule has 0 aliphatic heterocycles. The highest BCUT2D eigenvalue weighted by atomic mass is 19.1. The molecule has 0 aromatic heterocycles. The summed E-state index contributed by atoms with van der Waals surface area (Å²) in [6, 6.07) is 2.19.